The largest absolute Gasteiger partial charge is 0.352 e. The fourth-order valence-corrected chi connectivity index (χ4v) is 6.30. The minimum Gasteiger partial charge on any atom is -0.352 e. The lowest BCUT2D eigenvalue weighted by molar-refractivity contribution is -0.213. The second-order valence-electron chi connectivity index (χ2n) is 8.68. The van der Waals surface area contributed by atoms with Crippen LogP contribution in [-0.2, 0) is 27.7 Å². The van der Waals surface area contributed by atoms with E-state index in [0.29, 0.717) is 0 Å². The van der Waals surface area contributed by atoms with Crippen molar-refractivity contribution in [3.63, 3.8) is 0 Å². The normalized spacial score (nSPS) is 28.2. The van der Waals surface area contributed by atoms with E-state index in [2.05, 4.69) is 54.6 Å². The third-order valence-electron chi connectivity index (χ3n) is 7.66. The summed E-state index contributed by atoms with van der Waals surface area (Å²) in [5.41, 5.74) is 7.04. The quantitative estimate of drug-likeness (QED) is 0.581. The van der Waals surface area contributed by atoms with Crippen molar-refractivity contribution in [3.05, 3.63) is 71.3 Å². The first-order valence-electron chi connectivity index (χ1n) is 10.6. The summed E-state index contributed by atoms with van der Waals surface area (Å²) in [6, 6.07) is 20.7. The number of ether oxygens (including phenoxy) is 2. The fourth-order valence-electron chi connectivity index (χ4n) is 6.30. The number of rotatable bonds is 3. The number of hydrogen-bond acceptors (Lipinski definition) is 2. The number of aryl methyl sites for hydroxylation is 2. The summed E-state index contributed by atoms with van der Waals surface area (Å²) in [6.07, 6.45) is 6.74. The molecule has 2 fully saturated rings. The molecule has 0 aromatic heterocycles. The molecule has 1 saturated carbocycles. The number of methoxy groups -OCH3 is 1. The van der Waals surface area contributed by atoms with E-state index in [0.717, 1.165) is 25.9 Å². The van der Waals surface area contributed by atoms with Crippen molar-refractivity contribution in [2.75, 3.05) is 13.7 Å². The molecule has 3 aromatic rings. The summed E-state index contributed by atoms with van der Waals surface area (Å²) >= 11 is 0. The maximum atomic E-state index is 6.16. The lowest BCUT2D eigenvalue weighted by Crippen LogP contribution is -2.45. The molecule has 2 nitrogen and oxygen atoms in total. The fraction of sp³-hybridized carbons (Fsp3) is 0.385. The van der Waals surface area contributed by atoms with Gasteiger partial charge in [0.15, 0.2) is 5.79 Å². The van der Waals surface area contributed by atoms with Gasteiger partial charge in [-0.3, -0.25) is 0 Å². The SMILES string of the molecule is COC12CCCC1(c1ccc(-c3ccc4c5c(cccc35)CC4)cc1)CCO2. The third kappa shape index (κ3) is 2.05. The first-order valence-corrected chi connectivity index (χ1v) is 10.6. The van der Waals surface area contributed by atoms with E-state index in [9.17, 15) is 0 Å². The molecule has 0 spiro atoms. The van der Waals surface area contributed by atoms with Crippen LogP contribution in [0.3, 0.4) is 0 Å². The van der Waals surface area contributed by atoms with Crippen LogP contribution in [0.5, 0.6) is 0 Å². The second kappa shape index (κ2) is 5.92. The van der Waals surface area contributed by atoms with Gasteiger partial charge in [-0.1, -0.05) is 54.6 Å². The summed E-state index contributed by atoms with van der Waals surface area (Å²) in [6.45, 7) is 0.796. The van der Waals surface area contributed by atoms with Crippen LogP contribution in [0, 0.1) is 0 Å². The van der Waals surface area contributed by atoms with E-state index in [4.69, 9.17) is 9.47 Å². The Hall–Kier alpha value is -2.16. The molecule has 2 atom stereocenters. The Morgan fingerprint density at radius 2 is 1.68 bits per heavy atom. The number of hydrogen-bond donors (Lipinski definition) is 0. The van der Waals surface area contributed by atoms with Gasteiger partial charge in [0.05, 0.1) is 12.0 Å². The van der Waals surface area contributed by atoms with Gasteiger partial charge in [0.2, 0.25) is 0 Å². The van der Waals surface area contributed by atoms with Crippen molar-refractivity contribution in [3.8, 4) is 11.1 Å². The van der Waals surface area contributed by atoms with Crippen molar-refractivity contribution >= 4 is 10.8 Å². The molecule has 0 radical (unpaired) electrons. The molecule has 0 amide bonds. The standard InChI is InChI=1S/C26H26O2/c1-27-26-15-3-14-25(26,16-17-28-26)21-11-8-18(9-12-21)22-13-10-20-7-6-19-4-2-5-23(22)24(19)20/h2,4-5,8-13H,3,6-7,14-17H2,1H3. The molecule has 142 valence electrons. The summed E-state index contributed by atoms with van der Waals surface area (Å²) in [5.74, 6) is -0.420. The highest BCUT2D eigenvalue weighted by Crippen LogP contribution is 2.57. The summed E-state index contributed by atoms with van der Waals surface area (Å²) in [4.78, 5) is 0. The third-order valence-corrected chi connectivity index (χ3v) is 7.66. The first-order chi connectivity index (χ1) is 13.8. The smallest absolute Gasteiger partial charge is 0.177 e. The summed E-state index contributed by atoms with van der Waals surface area (Å²) in [5, 5.41) is 2.88. The van der Waals surface area contributed by atoms with Crippen molar-refractivity contribution < 1.29 is 9.47 Å². The van der Waals surface area contributed by atoms with Gasteiger partial charge in [0.1, 0.15) is 0 Å². The van der Waals surface area contributed by atoms with Gasteiger partial charge in [-0.2, -0.15) is 0 Å². The van der Waals surface area contributed by atoms with E-state index in [-0.39, 0.29) is 5.41 Å². The molecule has 28 heavy (non-hydrogen) atoms. The van der Waals surface area contributed by atoms with E-state index in [1.54, 1.807) is 0 Å². The molecule has 2 aliphatic carbocycles. The van der Waals surface area contributed by atoms with Gasteiger partial charge in [-0.15, -0.1) is 0 Å². The Balaban J connectivity index is 1.45. The molecule has 1 saturated heterocycles. The van der Waals surface area contributed by atoms with Crippen molar-refractivity contribution in [1.29, 1.82) is 0 Å². The zero-order valence-electron chi connectivity index (χ0n) is 16.5. The van der Waals surface area contributed by atoms with Gasteiger partial charge in [0.25, 0.3) is 0 Å². The lowest BCUT2D eigenvalue weighted by atomic mass is 9.74. The Bertz CT molecular complexity index is 1040. The molecule has 6 rings (SSSR count). The molecular weight excluding hydrogens is 344 g/mol. The van der Waals surface area contributed by atoms with Crippen LogP contribution in [0.15, 0.2) is 54.6 Å². The van der Waals surface area contributed by atoms with Crippen LogP contribution >= 0.6 is 0 Å². The van der Waals surface area contributed by atoms with Crippen molar-refractivity contribution in [2.45, 2.75) is 49.7 Å². The molecular formula is C26H26O2. The Kier molecular flexibility index (Phi) is 3.54. The average Bonchev–Trinajstić information content (AvgIpc) is 3.41. The van der Waals surface area contributed by atoms with Crippen molar-refractivity contribution in [2.24, 2.45) is 0 Å². The van der Waals surface area contributed by atoms with Crippen LogP contribution in [0.2, 0.25) is 0 Å². The first kappa shape index (κ1) is 16.8. The number of benzene rings is 3. The van der Waals surface area contributed by atoms with Gasteiger partial charge < -0.3 is 9.47 Å². The maximum Gasteiger partial charge on any atom is 0.177 e. The summed E-state index contributed by atoms with van der Waals surface area (Å²) in [7, 11) is 1.81. The lowest BCUT2D eigenvalue weighted by Gasteiger charge is -2.38. The van der Waals surface area contributed by atoms with Crippen LogP contribution in [0.1, 0.15) is 42.4 Å². The zero-order valence-corrected chi connectivity index (χ0v) is 16.5. The highest BCUT2D eigenvalue weighted by Gasteiger charge is 2.60. The maximum absolute atomic E-state index is 6.16. The molecule has 3 aliphatic rings. The zero-order chi connectivity index (χ0) is 18.8. The van der Waals surface area contributed by atoms with Gasteiger partial charge in [-0.05, 0) is 70.7 Å². The molecule has 0 bridgehead atoms. The average molecular weight is 370 g/mol. The monoisotopic (exact) mass is 370 g/mol. The molecule has 1 heterocycles. The minimum absolute atomic E-state index is 0.0162. The second-order valence-corrected chi connectivity index (χ2v) is 8.68. The molecule has 3 aromatic carbocycles. The summed E-state index contributed by atoms with van der Waals surface area (Å²) < 4.78 is 12.1. The predicted molar refractivity (Wildman–Crippen MR) is 113 cm³/mol. The Labute approximate surface area is 166 Å². The predicted octanol–water partition coefficient (Wildman–Crippen LogP) is 5.79. The molecule has 0 N–H and O–H groups in total. The van der Waals surface area contributed by atoms with Crippen molar-refractivity contribution in [1.82, 2.24) is 0 Å². The van der Waals surface area contributed by atoms with E-state index in [1.807, 2.05) is 7.11 Å². The van der Waals surface area contributed by atoms with E-state index in [1.165, 1.54) is 57.9 Å². The van der Waals surface area contributed by atoms with Gasteiger partial charge in [-0.25, -0.2) is 0 Å². The van der Waals surface area contributed by atoms with Crippen LogP contribution in [-0.4, -0.2) is 19.5 Å². The number of fused-ring (bicyclic) bond motifs is 1. The Morgan fingerprint density at radius 3 is 2.50 bits per heavy atom. The topological polar surface area (TPSA) is 18.5 Å². The Morgan fingerprint density at radius 1 is 0.857 bits per heavy atom. The van der Waals surface area contributed by atoms with Crippen LogP contribution in [0.4, 0.5) is 0 Å². The molecule has 1 aliphatic heterocycles. The highest BCUT2D eigenvalue weighted by atomic mass is 16.7. The molecule has 2 heteroatoms. The molecule has 2 unspecified atom stereocenters. The minimum atomic E-state index is -0.420. The van der Waals surface area contributed by atoms with E-state index >= 15 is 0 Å². The van der Waals surface area contributed by atoms with Crippen LogP contribution in [0.25, 0.3) is 21.9 Å². The highest BCUT2D eigenvalue weighted by molar-refractivity contribution is 6.01. The van der Waals surface area contributed by atoms with Gasteiger partial charge >= 0.3 is 0 Å². The van der Waals surface area contributed by atoms with E-state index < -0.39 is 5.79 Å². The van der Waals surface area contributed by atoms with Gasteiger partial charge in [0, 0.05) is 13.5 Å². The van der Waals surface area contributed by atoms with Crippen LogP contribution < -0.4 is 0 Å².